The maximum absolute atomic E-state index is 13.4. The lowest BCUT2D eigenvalue weighted by Crippen LogP contribution is -2.54. The normalized spacial score (nSPS) is 16.4. The summed E-state index contributed by atoms with van der Waals surface area (Å²) in [7, 11) is -2.46. The molecular weight excluding hydrogens is 510 g/mol. The van der Waals surface area contributed by atoms with Crippen LogP contribution in [0, 0.1) is 0 Å². The number of carbonyl (C=O) groups is 1. The average molecular weight is 540 g/mol. The number of aryl methyl sites for hydroxylation is 1. The van der Waals surface area contributed by atoms with Crippen LogP contribution in [0.1, 0.15) is 24.8 Å². The summed E-state index contributed by atoms with van der Waals surface area (Å²) in [5, 5.41) is 9.91. The minimum Gasteiger partial charge on any atom is -0.494 e. The van der Waals surface area contributed by atoms with Crippen LogP contribution in [0.25, 0.3) is 0 Å². The third-order valence-corrected chi connectivity index (χ3v) is 9.08. The van der Waals surface area contributed by atoms with E-state index in [1.165, 1.54) is 17.7 Å². The van der Waals surface area contributed by atoms with Crippen LogP contribution >= 0.6 is 15.9 Å². The zero-order chi connectivity index (χ0) is 23.9. The number of likely N-dealkylation sites (tertiary alicyclic amines) is 1. The molecule has 1 saturated heterocycles. The first-order chi connectivity index (χ1) is 15.8. The van der Waals surface area contributed by atoms with Crippen molar-refractivity contribution in [2.24, 2.45) is 0 Å². The molecule has 0 atom stereocenters. The minimum absolute atomic E-state index is 0.0109. The third kappa shape index (κ3) is 6.15. The van der Waals surface area contributed by atoms with Crippen molar-refractivity contribution in [2.75, 3.05) is 40.0 Å². The summed E-state index contributed by atoms with van der Waals surface area (Å²) in [6.45, 7) is 2.47. The Kier molecular flexibility index (Phi) is 8.92. The Morgan fingerprint density at radius 3 is 2.42 bits per heavy atom. The lowest BCUT2D eigenvalue weighted by molar-refractivity contribution is -0.141. The molecule has 2 aromatic carbocycles. The smallest absolute Gasteiger partial charge is 0.325 e. The standard InChI is InChI=1S/C24H30BrNO6S/c1-31-17-15-26-13-11-24(12-14-26,23(27)28)33(29,30)22-9-7-21(8-10-22)32-16-3-5-19-4-2-6-20(25)18-19/h2,4,6-10,18H,3,5,11-17H2,1H3,(H,27,28). The van der Waals surface area contributed by atoms with Crippen molar-refractivity contribution in [3.63, 3.8) is 0 Å². The second-order valence-corrected chi connectivity index (χ2v) is 11.4. The highest BCUT2D eigenvalue weighted by Gasteiger charge is 2.53. The van der Waals surface area contributed by atoms with Crippen molar-refractivity contribution in [1.82, 2.24) is 4.90 Å². The van der Waals surface area contributed by atoms with E-state index in [0.29, 0.717) is 38.6 Å². The minimum atomic E-state index is -4.07. The summed E-state index contributed by atoms with van der Waals surface area (Å²) in [5.74, 6) is -0.733. The number of nitrogens with zero attached hydrogens (tertiary/aromatic N) is 1. The molecule has 1 fully saturated rings. The highest BCUT2D eigenvalue weighted by molar-refractivity contribution is 9.10. The number of halogens is 1. The number of methoxy groups -OCH3 is 1. The highest BCUT2D eigenvalue weighted by atomic mass is 79.9. The molecule has 1 aliphatic heterocycles. The van der Waals surface area contributed by atoms with Crippen LogP contribution < -0.4 is 4.74 Å². The molecule has 180 valence electrons. The number of aliphatic carboxylic acids is 1. The number of carboxylic acids is 1. The first-order valence-electron chi connectivity index (χ1n) is 11.0. The summed E-state index contributed by atoms with van der Waals surface area (Å²) < 4.78 is 36.8. The fourth-order valence-electron chi connectivity index (χ4n) is 4.06. The van der Waals surface area contributed by atoms with Crippen molar-refractivity contribution < 1.29 is 27.8 Å². The number of piperidine rings is 1. The van der Waals surface area contributed by atoms with Crippen LogP contribution in [0.2, 0.25) is 0 Å². The number of hydrogen-bond acceptors (Lipinski definition) is 6. The summed E-state index contributed by atoms with van der Waals surface area (Å²) >= 11 is 3.46. The third-order valence-electron chi connectivity index (χ3n) is 6.08. The van der Waals surface area contributed by atoms with E-state index < -0.39 is 20.6 Å². The van der Waals surface area contributed by atoms with Crippen LogP contribution in [-0.2, 0) is 25.8 Å². The Labute approximate surface area is 203 Å². The van der Waals surface area contributed by atoms with Gasteiger partial charge in [-0.15, -0.1) is 0 Å². The van der Waals surface area contributed by atoms with E-state index in [9.17, 15) is 18.3 Å². The molecule has 0 amide bonds. The number of rotatable bonds is 11. The second kappa shape index (κ2) is 11.5. The first-order valence-corrected chi connectivity index (χ1v) is 13.2. The molecule has 7 nitrogen and oxygen atoms in total. The van der Waals surface area contributed by atoms with Crippen LogP contribution in [0.3, 0.4) is 0 Å². The predicted octanol–water partition coefficient (Wildman–Crippen LogP) is 3.80. The van der Waals surface area contributed by atoms with E-state index in [2.05, 4.69) is 28.1 Å². The van der Waals surface area contributed by atoms with Gasteiger partial charge in [-0.05, 0) is 67.6 Å². The van der Waals surface area contributed by atoms with Gasteiger partial charge in [0, 0.05) is 31.2 Å². The second-order valence-electron chi connectivity index (χ2n) is 8.19. The molecule has 33 heavy (non-hydrogen) atoms. The van der Waals surface area contributed by atoms with E-state index >= 15 is 0 Å². The van der Waals surface area contributed by atoms with Crippen molar-refractivity contribution in [3.05, 3.63) is 58.6 Å². The lowest BCUT2D eigenvalue weighted by Gasteiger charge is -2.38. The quantitative estimate of drug-likeness (QED) is 0.434. The van der Waals surface area contributed by atoms with Gasteiger partial charge in [0.1, 0.15) is 5.75 Å². The van der Waals surface area contributed by atoms with Gasteiger partial charge in [0.25, 0.3) is 0 Å². The average Bonchev–Trinajstić information content (AvgIpc) is 2.81. The van der Waals surface area contributed by atoms with E-state index in [1.54, 1.807) is 19.2 Å². The SMILES string of the molecule is COCCN1CCC(C(=O)O)(S(=O)(=O)c2ccc(OCCCc3cccc(Br)c3)cc2)CC1. The van der Waals surface area contributed by atoms with Crippen molar-refractivity contribution >= 4 is 31.7 Å². The Balaban J connectivity index is 1.61. The fraction of sp³-hybridized carbons (Fsp3) is 0.458. The number of benzene rings is 2. The zero-order valence-corrected chi connectivity index (χ0v) is 21.1. The van der Waals surface area contributed by atoms with Gasteiger partial charge < -0.3 is 19.5 Å². The summed E-state index contributed by atoms with van der Waals surface area (Å²) in [6, 6.07) is 14.2. The Morgan fingerprint density at radius 2 is 1.82 bits per heavy atom. The first kappa shape index (κ1) is 25.7. The van der Waals surface area contributed by atoms with Gasteiger partial charge in [0.2, 0.25) is 0 Å². The number of carboxylic acid groups (broad SMARTS) is 1. The maximum atomic E-state index is 13.4. The summed E-state index contributed by atoms with van der Waals surface area (Å²) in [4.78, 5) is 14.2. The number of hydrogen-bond donors (Lipinski definition) is 1. The van der Waals surface area contributed by atoms with Crippen LogP contribution in [-0.4, -0.2) is 69.1 Å². The van der Waals surface area contributed by atoms with Crippen molar-refractivity contribution in [1.29, 1.82) is 0 Å². The monoisotopic (exact) mass is 539 g/mol. The van der Waals surface area contributed by atoms with Gasteiger partial charge in [-0.1, -0.05) is 28.1 Å². The fourth-order valence-corrected chi connectivity index (χ4v) is 6.40. The number of sulfone groups is 1. The highest BCUT2D eigenvalue weighted by Crippen LogP contribution is 2.36. The molecule has 1 N–H and O–H groups in total. The van der Waals surface area contributed by atoms with Gasteiger partial charge in [0.15, 0.2) is 14.6 Å². The summed E-state index contributed by atoms with van der Waals surface area (Å²) in [6.07, 6.45) is 1.77. The van der Waals surface area contributed by atoms with Crippen LogP contribution in [0.5, 0.6) is 5.75 Å². The van der Waals surface area contributed by atoms with Crippen LogP contribution in [0.4, 0.5) is 0 Å². The molecule has 2 aromatic rings. The largest absolute Gasteiger partial charge is 0.494 e. The Morgan fingerprint density at radius 1 is 1.12 bits per heavy atom. The molecule has 0 unspecified atom stereocenters. The van der Waals surface area contributed by atoms with Gasteiger partial charge in [0.05, 0.1) is 18.1 Å². The number of ether oxygens (including phenoxy) is 2. The van der Waals surface area contributed by atoms with Crippen molar-refractivity contribution in [2.45, 2.75) is 35.3 Å². The molecule has 9 heteroatoms. The van der Waals surface area contributed by atoms with Gasteiger partial charge in [-0.25, -0.2) is 8.42 Å². The topological polar surface area (TPSA) is 93.1 Å². The molecule has 0 spiro atoms. The maximum Gasteiger partial charge on any atom is 0.325 e. The van der Waals surface area contributed by atoms with Crippen molar-refractivity contribution in [3.8, 4) is 5.75 Å². The Bertz CT molecular complexity index is 1030. The van der Waals surface area contributed by atoms with E-state index in [1.807, 2.05) is 17.0 Å². The molecule has 0 bridgehead atoms. The summed E-state index contributed by atoms with van der Waals surface area (Å²) in [5.41, 5.74) is 1.21. The molecule has 1 aliphatic rings. The van der Waals surface area contributed by atoms with Gasteiger partial charge in [-0.3, -0.25) is 4.79 Å². The predicted molar refractivity (Wildman–Crippen MR) is 130 cm³/mol. The van der Waals surface area contributed by atoms with Crippen LogP contribution in [0.15, 0.2) is 57.9 Å². The molecule has 3 rings (SSSR count). The van der Waals surface area contributed by atoms with Gasteiger partial charge >= 0.3 is 5.97 Å². The van der Waals surface area contributed by atoms with E-state index in [-0.39, 0.29) is 17.7 Å². The molecule has 0 saturated carbocycles. The Hall–Kier alpha value is -1.94. The zero-order valence-electron chi connectivity index (χ0n) is 18.7. The van der Waals surface area contributed by atoms with E-state index in [4.69, 9.17) is 9.47 Å². The van der Waals surface area contributed by atoms with E-state index in [0.717, 1.165) is 17.3 Å². The molecule has 1 heterocycles. The molecule has 0 radical (unpaired) electrons. The lowest BCUT2D eigenvalue weighted by atomic mass is 9.96. The molecular formula is C24H30BrNO6S. The molecule has 0 aromatic heterocycles. The molecule has 0 aliphatic carbocycles. The van der Waals surface area contributed by atoms with Gasteiger partial charge in [-0.2, -0.15) is 0 Å².